The fraction of sp³-hybridized carbons (Fsp3) is 0.0833. The highest BCUT2D eigenvalue weighted by Gasteiger charge is 2.00. The molecule has 76 valence electrons. The van der Waals surface area contributed by atoms with E-state index in [-0.39, 0.29) is 5.82 Å². The average molecular weight is 203 g/mol. The summed E-state index contributed by atoms with van der Waals surface area (Å²) in [6.07, 6.45) is 1.66. The van der Waals surface area contributed by atoms with Gasteiger partial charge in [0.1, 0.15) is 11.6 Å². The number of hydrogen-bond donors (Lipinski definition) is 0. The molecule has 0 aliphatic carbocycles. The highest BCUT2D eigenvalue weighted by atomic mass is 19.1. The molecule has 0 atom stereocenters. The Labute approximate surface area is 87.4 Å². The van der Waals surface area contributed by atoms with Gasteiger partial charge in [-0.15, -0.1) is 0 Å². The number of halogens is 1. The Morgan fingerprint density at radius 1 is 1.13 bits per heavy atom. The lowest BCUT2D eigenvalue weighted by atomic mass is 10.1. The largest absolute Gasteiger partial charge is 0.497 e. The van der Waals surface area contributed by atoms with E-state index >= 15 is 0 Å². The Balaban J connectivity index is 2.40. The van der Waals surface area contributed by atoms with Crippen LogP contribution in [0.4, 0.5) is 4.39 Å². The van der Waals surface area contributed by atoms with Crippen molar-refractivity contribution >= 4 is 0 Å². The van der Waals surface area contributed by atoms with Crippen LogP contribution in [0.25, 0.3) is 11.3 Å². The normalized spacial score (nSPS) is 10.0. The first-order chi connectivity index (χ1) is 7.29. The molecule has 0 bridgehead atoms. The molecule has 0 spiro atoms. The third-order valence-electron chi connectivity index (χ3n) is 2.11. The number of aromatic nitrogens is 1. The molecule has 0 aliphatic rings. The predicted molar refractivity (Wildman–Crippen MR) is 56.2 cm³/mol. The van der Waals surface area contributed by atoms with Gasteiger partial charge in [0.15, 0.2) is 0 Å². The molecular formula is C12H10FNO. The highest BCUT2D eigenvalue weighted by Crippen LogP contribution is 2.21. The lowest BCUT2D eigenvalue weighted by Gasteiger charge is -2.03. The number of benzene rings is 1. The van der Waals surface area contributed by atoms with Crippen molar-refractivity contribution in [2.45, 2.75) is 0 Å². The minimum atomic E-state index is -0.248. The molecule has 0 amide bonds. The molecule has 2 aromatic rings. The topological polar surface area (TPSA) is 22.1 Å². The number of methoxy groups -OCH3 is 1. The van der Waals surface area contributed by atoms with E-state index in [0.717, 1.165) is 17.0 Å². The second kappa shape index (κ2) is 4.09. The third kappa shape index (κ3) is 2.13. The summed E-state index contributed by atoms with van der Waals surface area (Å²) in [5.41, 5.74) is 1.64. The molecule has 1 aromatic heterocycles. The van der Waals surface area contributed by atoms with Gasteiger partial charge in [-0.2, -0.15) is 0 Å². The van der Waals surface area contributed by atoms with Crippen LogP contribution in [0.2, 0.25) is 0 Å². The van der Waals surface area contributed by atoms with Crippen molar-refractivity contribution < 1.29 is 9.13 Å². The summed E-state index contributed by atoms with van der Waals surface area (Å²) in [6, 6.07) is 9.79. The molecule has 0 aliphatic heterocycles. The summed E-state index contributed by atoms with van der Waals surface area (Å²) < 4.78 is 17.8. The fourth-order valence-corrected chi connectivity index (χ4v) is 1.32. The van der Waals surface area contributed by atoms with Crippen molar-refractivity contribution in [2.24, 2.45) is 0 Å². The zero-order chi connectivity index (χ0) is 10.7. The summed E-state index contributed by atoms with van der Waals surface area (Å²) in [6.45, 7) is 0. The Hall–Kier alpha value is -1.90. The highest BCUT2D eigenvalue weighted by molar-refractivity contribution is 5.60. The van der Waals surface area contributed by atoms with Crippen LogP contribution in [0.1, 0.15) is 0 Å². The number of nitrogens with zero attached hydrogens (tertiary/aromatic N) is 1. The Morgan fingerprint density at radius 2 is 1.87 bits per heavy atom. The molecule has 1 heterocycles. The van der Waals surface area contributed by atoms with Gasteiger partial charge in [-0.3, -0.25) is 4.98 Å². The minimum Gasteiger partial charge on any atom is -0.497 e. The van der Waals surface area contributed by atoms with Crippen LogP contribution in [-0.4, -0.2) is 12.1 Å². The maximum atomic E-state index is 12.7. The zero-order valence-corrected chi connectivity index (χ0v) is 8.27. The van der Waals surface area contributed by atoms with Gasteiger partial charge in [-0.25, -0.2) is 4.39 Å². The molecule has 3 heteroatoms. The van der Waals surface area contributed by atoms with Gasteiger partial charge >= 0.3 is 0 Å². The van der Waals surface area contributed by atoms with E-state index in [1.165, 1.54) is 12.1 Å². The molecule has 0 fully saturated rings. The van der Waals surface area contributed by atoms with E-state index in [9.17, 15) is 4.39 Å². The summed E-state index contributed by atoms with van der Waals surface area (Å²) in [5, 5.41) is 0. The maximum Gasteiger partial charge on any atom is 0.123 e. The van der Waals surface area contributed by atoms with Crippen LogP contribution in [-0.2, 0) is 0 Å². The predicted octanol–water partition coefficient (Wildman–Crippen LogP) is 2.90. The lowest BCUT2D eigenvalue weighted by Crippen LogP contribution is -1.87. The van der Waals surface area contributed by atoms with E-state index in [4.69, 9.17) is 4.74 Å². The number of hydrogen-bond acceptors (Lipinski definition) is 2. The summed E-state index contributed by atoms with van der Waals surface area (Å²) in [4.78, 5) is 4.18. The quantitative estimate of drug-likeness (QED) is 0.748. The second-order valence-electron chi connectivity index (χ2n) is 3.09. The van der Waals surface area contributed by atoms with Crippen molar-refractivity contribution in [2.75, 3.05) is 7.11 Å². The first-order valence-electron chi connectivity index (χ1n) is 4.55. The number of ether oxygens (including phenoxy) is 1. The SMILES string of the molecule is COc1ccnc(-c2ccc(F)cc2)c1. The van der Waals surface area contributed by atoms with Crippen LogP contribution < -0.4 is 4.74 Å². The van der Waals surface area contributed by atoms with Gasteiger partial charge in [-0.1, -0.05) is 0 Å². The van der Waals surface area contributed by atoms with E-state index in [2.05, 4.69) is 4.98 Å². The molecule has 0 N–H and O–H groups in total. The molecule has 15 heavy (non-hydrogen) atoms. The Kier molecular flexibility index (Phi) is 2.63. The molecule has 0 saturated heterocycles. The van der Waals surface area contributed by atoms with Crippen LogP contribution in [0.3, 0.4) is 0 Å². The average Bonchev–Trinajstić information content (AvgIpc) is 2.30. The van der Waals surface area contributed by atoms with Crippen LogP contribution >= 0.6 is 0 Å². The van der Waals surface area contributed by atoms with Gasteiger partial charge in [0.2, 0.25) is 0 Å². The van der Waals surface area contributed by atoms with Crippen molar-refractivity contribution in [3.63, 3.8) is 0 Å². The van der Waals surface area contributed by atoms with Gasteiger partial charge in [0.05, 0.1) is 12.8 Å². The summed E-state index contributed by atoms with van der Waals surface area (Å²) >= 11 is 0. The third-order valence-corrected chi connectivity index (χ3v) is 2.11. The van der Waals surface area contributed by atoms with Crippen LogP contribution in [0.5, 0.6) is 5.75 Å². The molecule has 2 nitrogen and oxygen atoms in total. The molecule has 0 saturated carbocycles. The first-order valence-corrected chi connectivity index (χ1v) is 4.55. The van der Waals surface area contributed by atoms with Gasteiger partial charge < -0.3 is 4.74 Å². The van der Waals surface area contributed by atoms with Gasteiger partial charge in [0, 0.05) is 17.8 Å². The van der Waals surface area contributed by atoms with E-state index in [0.29, 0.717) is 0 Å². The monoisotopic (exact) mass is 203 g/mol. The van der Waals surface area contributed by atoms with E-state index < -0.39 is 0 Å². The van der Waals surface area contributed by atoms with Crippen molar-refractivity contribution in [3.05, 3.63) is 48.4 Å². The maximum absolute atomic E-state index is 12.7. The Bertz CT molecular complexity index is 453. The first kappa shape index (κ1) is 9.65. The van der Waals surface area contributed by atoms with E-state index in [1.807, 2.05) is 6.07 Å². The number of pyridine rings is 1. The van der Waals surface area contributed by atoms with Crippen molar-refractivity contribution in [3.8, 4) is 17.0 Å². The number of rotatable bonds is 2. The molecular weight excluding hydrogens is 193 g/mol. The van der Waals surface area contributed by atoms with Crippen molar-refractivity contribution in [1.82, 2.24) is 4.98 Å². The smallest absolute Gasteiger partial charge is 0.123 e. The molecule has 0 radical (unpaired) electrons. The molecule has 1 aromatic carbocycles. The Morgan fingerprint density at radius 3 is 2.53 bits per heavy atom. The summed E-state index contributed by atoms with van der Waals surface area (Å²) in [5.74, 6) is 0.492. The van der Waals surface area contributed by atoms with E-state index in [1.54, 1.807) is 31.5 Å². The van der Waals surface area contributed by atoms with Crippen LogP contribution in [0.15, 0.2) is 42.6 Å². The molecule has 0 unspecified atom stereocenters. The van der Waals surface area contributed by atoms with Crippen LogP contribution in [0, 0.1) is 5.82 Å². The lowest BCUT2D eigenvalue weighted by molar-refractivity contribution is 0.414. The van der Waals surface area contributed by atoms with Crippen molar-refractivity contribution in [1.29, 1.82) is 0 Å². The van der Waals surface area contributed by atoms with Gasteiger partial charge in [0.25, 0.3) is 0 Å². The second-order valence-corrected chi connectivity index (χ2v) is 3.09. The standard InChI is InChI=1S/C12H10FNO/c1-15-11-6-7-14-12(8-11)9-2-4-10(13)5-3-9/h2-8H,1H3. The fourth-order valence-electron chi connectivity index (χ4n) is 1.32. The van der Waals surface area contributed by atoms with Gasteiger partial charge in [-0.05, 0) is 30.3 Å². The summed E-state index contributed by atoms with van der Waals surface area (Å²) in [7, 11) is 1.60. The molecule has 2 rings (SSSR count). The minimum absolute atomic E-state index is 0.248. The zero-order valence-electron chi connectivity index (χ0n) is 8.27.